The van der Waals surface area contributed by atoms with E-state index in [4.69, 9.17) is 16.3 Å². The highest BCUT2D eigenvalue weighted by Crippen LogP contribution is 2.26. The van der Waals surface area contributed by atoms with Gasteiger partial charge in [0.2, 0.25) is 0 Å². The lowest BCUT2D eigenvalue weighted by molar-refractivity contribution is 0.0954. The molecule has 1 aromatic carbocycles. The Hall–Kier alpha value is -1.17. The molecule has 2 rings (SSSR count). The van der Waals surface area contributed by atoms with Crippen LogP contribution in [-0.2, 0) is 6.54 Å². The van der Waals surface area contributed by atoms with Crippen LogP contribution in [0.4, 0.5) is 0 Å². The van der Waals surface area contributed by atoms with E-state index in [2.05, 4.69) is 17.9 Å². The van der Waals surface area contributed by atoms with Gasteiger partial charge in [0.25, 0.3) is 5.91 Å². The van der Waals surface area contributed by atoms with Crippen molar-refractivity contribution in [2.75, 3.05) is 7.11 Å². The van der Waals surface area contributed by atoms with Gasteiger partial charge in [-0.2, -0.15) is 0 Å². The third-order valence-electron chi connectivity index (χ3n) is 2.53. The van der Waals surface area contributed by atoms with Gasteiger partial charge in [0.05, 0.1) is 12.0 Å². The number of hydrogen-bond acceptors (Lipinski definition) is 4. The first-order valence-electron chi connectivity index (χ1n) is 5.49. The minimum absolute atomic E-state index is 0.146. The minimum Gasteiger partial charge on any atom is -0.496 e. The highest BCUT2D eigenvalue weighted by atomic mass is 35.5. The largest absolute Gasteiger partial charge is 0.496 e. The predicted molar refractivity (Wildman–Crippen MR) is 80.7 cm³/mol. The lowest BCUT2D eigenvalue weighted by atomic mass is 10.2. The van der Waals surface area contributed by atoms with Crippen LogP contribution in [0.25, 0.3) is 0 Å². The Morgan fingerprint density at radius 1 is 1.53 bits per heavy atom. The molecule has 0 bridgehead atoms. The standard InChI is InChI=1S/C13H12ClNO2S2/c1-17-11-4-2-3-10(14)9(11)6-15-13(16)12-5-8(18)7-19-12/h2-5,7,18H,6H2,1H3,(H,15,16). The van der Waals surface area contributed by atoms with Crippen molar-refractivity contribution in [2.24, 2.45) is 0 Å². The molecule has 0 unspecified atom stereocenters. The van der Waals surface area contributed by atoms with Crippen molar-refractivity contribution in [1.29, 1.82) is 0 Å². The number of thiophene rings is 1. The molecule has 0 atom stereocenters. The fraction of sp³-hybridized carbons (Fsp3) is 0.154. The Bertz CT molecular complexity index is 598. The molecule has 0 aliphatic heterocycles. The highest BCUT2D eigenvalue weighted by Gasteiger charge is 2.11. The Morgan fingerprint density at radius 2 is 2.32 bits per heavy atom. The summed E-state index contributed by atoms with van der Waals surface area (Å²) in [5, 5.41) is 5.20. The number of nitrogens with one attached hydrogen (secondary N) is 1. The molecule has 0 saturated heterocycles. The number of carbonyl (C=O) groups excluding carboxylic acids is 1. The molecule has 2 aromatic rings. The second-order valence-corrected chi connectivity index (χ2v) is 5.61. The maximum absolute atomic E-state index is 11.9. The van der Waals surface area contributed by atoms with Crippen molar-refractivity contribution in [3.05, 3.63) is 45.1 Å². The number of benzene rings is 1. The van der Waals surface area contributed by atoms with E-state index in [9.17, 15) is 4.79 Å². The van der Waals surface area contributed by atoms with Gasteiger partial charge >= 0.3 is 0 Å². The van der Waals surface area contributed by atoms with E-state index in [1.54, 1.807) is 25.3 Å². The Kier molecular flexibility index (Phi) is 4.74. The van der Waals surface area contributed by atoms with Gasteiger partial charge in [-0.05, 0) is 18.2 Å². The van der Waals surface area contributed by atoms with Gasteiger partial charge in [0.1, 0.15) is 5.75 Å². The number of methoxy groups -OCH3 is 1. The first kappa shape index (κ1) is 14.2. The summed E-state index contributed by atoms with van der Waals surface area (Å²) >= 11 is 11.6. The molecule has 1 aromatic heterocycles. The van der Waals surface area contributed by atoms with Crippen molar-refractivity contribution in [3.8, 4) is 5.75 Å². The second kappa shape index (κ2) is 6.32. The maximum atomic E-state index is 11.9. The van der Waals surface area contributed by atoms with E-state index in [-0.39, 0.29) is 5.91 Å². The van der Waals surface area contributed by atoms with Gasteiger partial charge in [-0.25, -0.2) is 0 Å². The lowest BCUT2D eigenvalue weighted by Crippen LogP contribution is -2.22. The number of halogens is 1. The molecule has 0 aliphatic carbocycles. The second-order valence-electron chi connectivity index (χ2n) is 3.77. The average Bonchev–Trinajstić information content (AvgIpc) is 2.83. The molecule has 1 heterocycles. The molecule has 1 amide bonds. The number of carbonyl (C=O) groups is 1. The molecule has 0 spiro atoms. The number of hydrogen-bond donors (Lipinski definition) is 2. The van der Waals surface area contributed by atoms with Crippen LogP contribution >= 0.6 is 35.6 Å². The Morgan fingerprint density at radius 3 is 2.95 bits per heavy atom. The van der Waals surface area contributed by atoms with Crippen molar-refractivity contribution in [3.63, 3.8) is 0 Å². The number of amides is 1. The maximum Gasteiger partial charge on any atom is 0.261 e. The summed E-state index contributed by atoms with van der Waals surface area (Å²) in [4.78, 5) is 13.3. The zero-order valence-corrected chi connectivity index (χ0v) is 12.6. The molecular weight excluding hydrogens is 302 g/mol. The molecular formula is C13H12ClNO2S2. The summed E-state index contributed by atoms with van der Waals surface area (Å²) in [6.07, 6.45) is 0. The highest BCUT2D eigenvalue weighted by molar-refractivity contribution is 7.80. The van der Waals surface area contributed by atoms with Crippen LogP contribution in [0.3, 0.4) is 0 Å². The number of ether oxygens (including phenoxy) is 1. The van der Waals surface area contributed by atoms with E-state index in [1.165, 1.54) is 11.3 Å². The molecule has 3 nitrogen and oxygen atoms in total. The van der Waals surface area contributed by atoms with Crippen molar-refractivity contribution >= 4 is 41.5 Å². The summed E-state index contributed by atoms with van der Waals surface area (Å²) < 4.78 is 5.22. The zero-order chi connectivity index (χ0) is 13.8. The SMILES string of the molecule is COc1cccc(Cl)c1CNC(=O)c1cc(S)cs1. The molecule has 0 fully saturated rings. The van der Waals surface area contributed by atoms with E-state index < -0.39 is 0 Å². The van der Waals surface area contributed by atoms with Crippen LogP contribution in [0.2, 0.25) is 5.02 Å². The Labute approximate surface area is 126 Å². The summed E-state index contributed by atoms with van der Waals surface area (Å²) in [6.45, 7) is 0.321. The normalized spacial score (nSPS) is 10.3. The van der Waals surface area contributed by atoms with Gasteiger partial charge < -0.3 is 10.1 Å². The third-order valence-corrected chi connectivity index (χ3v) is 4.25. The summed E-state index contributed by atoms with van der Waals surface area (Å²) in [6, 6.07) is 7.11. The molecule has 0 radical (unpaired) electrons. The Balaban J connectivity index is 2.09. The van der Waals surface area contributed by atoms with Gasteiger partial charge in [0.15, 0.2) is 0 Å². The quantitative estimate of drug-likeness (QED) is 0.846. The molecule has 6 heteroatoms. The molecule has 1 N–H and O–H groups in total. The van der Waals surface area contributed by atoms with Crippen LogP contribution in [-0.4, -0.2) is 13.0 Å². The molecule has 19 heavy (non-hydrogen) atoms. The van der Waals surface area contributed by atoms with Gasteiger partial charge in [-0.1, -0.05) is 17.7 Å². The van der Waals surface area contributed by atoms with Crippen LogP contribution in [0.15, 0.2) is 34.5 Å². The predicted octanol–water partition coefficient (Wildman–Crippen LogP) is 3.63. The van der Waals surface area contributed by atoms with Gasteiger partial charge in [-0.3, -0.25) is 4.79 Å². The summed E-state index contributed by atoms with van der Waals surface area (Å²) in [5.41, 5.74) is 0.766. The average molecular weight is 314 g/mol. The van der Waals surface area contributed by atoms with E-state index in [1.807, 2.05) is 11.4 Å². The first-order valence-corrected chi connectivity index (χ1v) is 7.19. The minimum atomic E-state index is -0.146. The molecule has 0 aliphatic rings. The van der Waals surface area contributed by atoms with E-state index in [0.717, 1.165) is 10.5 Å². The monoisotopic (exact) mass is 313 g/mol. The van der Waals surface area contributed by atoms with E-state index in [0.29, 0.717) is 22.2 Å². The zero-order valence-electron chi connectivity index (χ0n) is 10.1. The number of thiol groups is 1. The fourth-order valence-corrected chi connectivity index (χ4v) is 2.90. The van der Waals surface area contributed by atoms with E-state index >= 15 is 0 Å². The van der Waals surface area contributed by atoms with Crippen LogP contribution < -0.4 is 10.1 Å². The van der Waals surface area contributed by atoms with Crippen LogP contribution in [0.1, 0.15) is 15.2 Å². The fourth-order valence-electron chi connectivity index (χ4n) is 1.60. The van der Waals surface area contributed by atoms with Gasteiger partial charge in [-0.15, -0.1) is 24.0 Å². The molecule has 0 saturated carbocycles. The smallest absolute Gasteiger partial charge is 0.261 e. The van der Waals surface area contributed by atoms with Crippen molar-refractivity contribution in [1.82, 2.24) is 5.32 Å². The van der Waals surface area contributed by atoms with Crippen molar-refractivity contribution < 1.29 is 9.53 Å². The van der Waals surface area contributed by atoms with Crippen molar-refractivity contribution in [2.45, 2.75) is 11.4 Å². The van der Waals surface area contributed by atoms with Gasteiger partial charge in [0, 0.05) is 27.4 Å². The summed E-state index contributed by atoms with van der Waals surface area (Å²) in [5.74, 6) is 0.515. The van der Waals surface area contributed by atoms with Crippen LogP contribution in [0.5, 0.6) is 5.75 Å². The topological polar surface area (TPSA) is 38.3 Å². The first-order chi connectivity index (χ1) is 9.11. The lowest BCUT2D eigenvalue weighted by Gasteiger charge is -2.10. The number of rotatable bonds is 4. The van der Waals surface area contributed by atoms with Crippen LogP contribution in [0, 0.1) is 0 Å². The third kappa shape index (κ3) is 3.43. The summed E-state index contributed by atoms with van der Waals surface area (Å²) in [7, 11) is 1.57. The molecule has 100 valence electrons.